The maximum atomic E-state index is 12.0. The molecule has 0 saturated carbocycles. The van der Waals surface area contributed by atoms with Crippen molar-refractivity contribution in [2.75, 3.05) is 33.3 Å². The Kier molecular flexibility index (Phi) is 7.60. The molecular weight excluding hydrogens is 240 g/mol. The van der Waals surface area contributed by atoms with Crippen molar-refractivity contribution in [3.05, 3.63) is 0 Å². The number of rotatable bonds is 8. The summed E-state index contributed by atoms with van der Waals surface area (Å²) in [6, 6.07) is 0. The van der Waals surface area contributed by atoms with Gasteiger partial charge in [-0.1, -0.05) is 27.7 Å². The molecule has 1 N–H and O–H groups in total. The number of carbonyl (C=O) groups is 1. The molecule has 4 heteroatoms. The molecular formula is C15H32N2O2. The van der Waals surface area contributed by atoms with Gasteiger partial charge in [0.2, 0.25) is 0 Å². The van der Waals surface area contributed by atoms with Crippen molar-refractivity contribution < 1.29 is 9.53 Å². The van der Waals surface area contributed by atoms with Gasteiger partial charge in [-0.3, -0.25) is 4.79 Å². The Bertz CT molecular complexity index is 274. The summed E-state index contributed by atoms with van der Waals surface area (Å²) < 4.78 is 5.17. The quantitative estimate of drug-likeness (QED) is 0.688. The normalized spacial score (nSPS) is 15.4. The molecule has 0 heterocycles. The molecule has 0 fully saturated rings. The zero-order valence-corrected chi connectivity index (χ0v) is 13.8. The summed E-state index contributed by atoms with van der Waals surface area (Å²) in [5, 5.41) is 3.26. The molecule has 0 spiro atoms. The Morgan fingerprint density at radius 1 is 1.21 bits per heavy atom. The third kappa shape index (κ3) is 7.53. The van der Waals surface area contributed by atoms with E-state index in [2.05, 4.69) is 38.0 Å². The topological polar surface area (TPSA) is 41.6 Å². The van der Waals surface area contributed by atoms with Crippen molar-refractivity contribution in [3.8, 4) is 0 Å². The van der Waals surface area contributed by atoms with Crippen LogP contribution in [0, 0.1) is 5.41 Å². The second-order valence-electron chi connectivity index (χ2n) is 6.63. The van der Waals surface area contributed by atoms with Gasteiger partial charge in [-0.05, 0) is 39.3 Å². The zero-order chi connectivity index (χ0) is 15.1. The second kappa shape index (κ2) is 7.85. The molecule has 0 saturated heterocycles. The van der Waals surface area contributed by atoms with E-state index in [1.165, 1.54) is 0 Å². The number of likely N-dealkylation sites (N-methyl/N-ethyl adjacent to an activating group) is 1. The van der Waals surface area contributed by atoms with E-state index in [4.69, 9.17) is 4.74 Å². The van der Waals surface area contributed by atoms with Crippen LogP contribution in [0.4, 0.5) is 0 Å². The first-order valence-electron chi connectivity index (χ1n) is 7.25. The van der Waals surface area contributed by atoms with Crippen LogP contribution < -0.4 is 5.32 Å². The Morgan fingerprint density at radius 2 is 1.79 bits per heavy atom. The predicted molar refractivity (Wildman–Crippen MR) is 80.3 cm³/mol. The first-order chi connectivity index (χ1) is 8.64. The SMILES string of the molecule is CCNC(C)(CCN(C)CC(C)(C)C)C(=O)OCC. The van der Waals surface area contributed by atoms with Gasteiger partial charge in [0.25, 0.3) is 0 Å². The van der Waals surface area contributed by atoms with Crippen molar-refractivity contribution in [3.63, 3.8) is 0 Å². The third-order valence-corrected chi connectivity index (χ3v) is 3.03. The summed E-state index contributed by atoms with van der Waals surface area (Å²) in [6.45, 7) is 15.5. The lowest BCUT2D eigenvalue weighted by Crippen LogP contribution is -2.52. The van der Waals surface area contributed by atoms with Crippen LogP contribution in [-0.2, 0) is 9.53 Å². The van der Waals surface area contributed by atoms with Crippen LogP contribution in [0.15, 0.2) is 0 Å². The van der Waals surface area contributed by atoms with Crippen molar-refractivity contribution in [2.24, 2.45) is 5.41 Å². The highest BCUT2D eigenvalue weighted by atomic mass is 16.5. The molecule has 0 aromatic carbocycles. The van der Waals surface area contributed by atoms with Crippen molar-refractivity contribution in [1.29, 1.82) is 0 Å². The lowest BCUT2D eigenvalue weighted by molar-refractivity contribution is -0.151. The molecule has 0 aliphatic rings. The Balaban J connectivity index is 4.46. The van der Waals surface area contributed by atoms with Gasteiger partial charge in [0, 0.05) is 13.1 Å². The average molecular weight is 272 g/mol. The highest BCUT2D eigenvalue weighted by molar-refractivity contribution is 5.80. The Labute approximate surface area is 118 Å². The molecule has 0 aromatic heterocycles. The zero-order valence-electron chi connectivity index (χ0n) is 13.8. The number of carbonyl (C=O) groups excluding carboxylic acids is 1. The van der Waals surface area contributed by atoms with E-state index in [1.807, 2.05) is 20.8 Å². The fourth-order valence-corrected chi connectivity index (χ4v) is 2.25. The standard InChI is InChI=1S/C15H32N2O2/c1-8-16-15(6,13(18)19-9-2)10-11-17(7)12-14(3,4)5/h16H,8-12H2,1-7H3. The van der Waals surface area contributed by atoms with Crippen molar-refractivity contribution >= 4 is 5.97 Å². The summed E-state index contributed by atoms with van der Waals surface area (Å²) >= 11 is 0. The fraction of sp³-hybridized carbons (Fsp3) is 0.933. The van der Waals surface area contributed by atoms with Gasteiger partial charge in [-0.25, -0.2) is 0 Å². The lowest BCUT2D eigenvalue weighted by Gasteiger charge is -2.32. The highest BCUT2D eigenvalue weighted by Crippen LogP contribution is 2.17. The minimum Gasteiger partial charge on any atom is -0.465 e. The van der Waals surface area contributed by atoms with Crippen LogP contribution in [0.3, 0.4) is 0 Å². The largest absolute Gasteiger partial charge is 0.465 e. The first-order valence-corrected chi connectivity index (χ1v) is 7.25. The maximum absolute atomic E-state index is 12.0. The predicted octanol–water partition coefficient (Wildman–Crippen LogP) is 2.29. The van der Waals surface area contributed by atoms with E-state index in [9.17, 15) is 4.79 Å². The molecule has 19 heavy (non-hydrogen) atoms. The van der Waals surface area contributed by atoms with Crippen LogP contribution >= 0.6 is 0 Å². The van der Waals surface area contributed by atoms with E-state index in [1.54, 1.807) is 0 Å². The molecule has 0 bridgehead atoms. The van der Waals surface area contributed by atoms with Crippen LogP contribution in [0.2, 0.25) is 0 Å². The average Bonchev–Trinajstić information content (AvgIpc) is 2.25. The Morgan fingerprint density at radius 3 is 2.21 bits per heavy atom. The van der Waals surface area contributed by atoms with Crippen LogP contribution in [0.1, 0.15) is 48.0 Å². The highest BCUT2D eigenvalue weighted by Gasteiger charge is 2.33. The van der Waals surface area contributed by atoms with Crippen LogP contribution in [0.5, 0.6) is 0 Å². The maximum Gasteiger partial charge on any atom is 0.326 e. The van der Waals surface area contributed by atoms with Gasteiger partial charge >= 0.3 is 5.97 Å². The smallest absolute Gasteiger partial charge is 0.326 e. The number of esters is 1. The lowest BCUT2D eigenvalue weighted by atomic mass is 9.94. The Hall–Kier alpha value is -0.610. The van der Waals surface area contributed by atoms with Crippen molar-refractivity contribution in [1.82, 2.24) is 10.2 Å². The number of hydrogen-bond donors (Lipinski definition) is 1. The number of nitrogens with zero attached hydrogens (tertiary/aromatic N) is 1. The molecule has 114 valence electrons. The minimum atomic E-state index is -0.586. The fourth-order valence-electron chi connectivity index (χ4n) is 2.25. The van der Waals surface area contributed by atoms with Gasteiger partial charge in [0.15, 0.2) is 0 Å². The van der Waals surface area contributed by atoms with Crippen LogP contribution in [0.25, 0.3) is 0 Å². The second-order valence-corrected chi connectivity index (χ2v) is 6.63. The molecule has 0 rings (SSSR count). The van der Waals surface area contributed by atoms with E-state index in [0.717, 1.165) is 26.1 Å². The molecule has 1 atom stereocenters. The molecule has 1 unspecified atom stereocenters. The number of hydrogen-bond acceptors (Lipinski definition) is 4. The molecule has 4 nitrogen and oxygen atoms in total. The van der Waals surface area contributed by atoms with Gasteiger partial charge in [0.1, 0.15) is 5.54 Å². The molecule has 0 radical (unpaired) electrons. The molecule has 0 aliphatic carbocycles. The number of ether oxygens (including phenoxy) is 1. The molecule has 0 amide bonds. The van der Waals surface area contributed by atoms with E-state index >= 15 is 0 Å². The van der Waals surface area contributed by atoms with E-state index in [0.29, 0.717) is 6.61 Å². The first kappa shape index (κ1) is 18.4. The summed E-state index contributed by atoms with van der Waals surface area (Å²) in [4.78, 5) is 14.3. The summed E-state index contributed by atoms with van der Waals surface area (Å²) in [6.07, 6.45) is 0.756. The van der Waals surface area contributed by atoms with Gasteiger partial charge in [0.05, 0.1) is 6.61 Å². The van der Waals surface area contributed by atoms with Gasteiger partial charge in [-0.2, -0.15) is 0 Å². The molecule has 0 aromatic rings. The van der Waals surface area contributed by atoms with E-state index in [-0.39, 0.29) is 11.4 Å². The monoisotopic (exact) mass is 272 g/mol. The number of nitrogens with one attached hydrogen (secondary N) is 1. The van der Waals surface area contributed by atoms with E-state index < -0.39 is 5.54 Å². The van der Waals surface area contributed by atoms with Gasteiger partial charge in [-0.15, -0.1) is 0 Å². The third-order valence-electron chi connectivity index (χ3n) is 3.03. The summed E-state index contributed by atoms with van der Waals surface area (Å²) in [5.41, 5.74) is -0.315. The van der Waals surface area contributed by atoms with Crippen molar-refractivity contribution in [2.45, 2.75) is 53.5 Å². The summed E-state index contributed by atoms with van der Waals surface area (Å²) in [7, 11) is 2.10. The van der Waals surface area contributed by atoms with Gasteiger partial charge < -0.3 is 15.0 Å². The molecule has 0 aliphatic heterocycles. The minimum absolute atomic E-state index is 0.152. The summed E-state index contributed by atoms with van der Waals surface area (Å²) in [5.74, 6) is -0.152. The van der Waals surface area contributed by atoms with Crippen LogP contribution in [-0.4, -0.2) is 49.7 Å².